The maximum Gasteiger partial charge on any atom is 0.512 e. The van der Waals surface area contributed by atoms with Gasteiger partial charge in [0.1, 0.15) is 12.1 Å². The number of benzene rings is 1. The predicted octanol–water partition coefficient (Wildman–Crippen LogP) is 2.07. The highest BCUT2D eigenvalue weighted by atomic mass is 19.1. The average Bonchev–Trinajstić information content (AvgIpc) is 2.66. The van der Waals surface area contributed by atoms with Crippen LogP contribution < -0.4 is 4.74 Å². The molecule has 0 fully saturated rings. The number of carbonyl (C=O) groups is 1. The van der Waals surface area contributed by atoms with Crippen molar-refractivity contribution >= 4 is 6.16 Å². The summed E-state index contributed by atoms with van der Waals surface area (Å²) in [6, 6.07) is 5.68. The van der Waals surface area contributed by atoms with Gasteiger partial charge in [-0.2, -0.15) is 0 Å². The van der Waals surface area contributed by atoms with Crippen LogP contribution in [0.25, 0.3) is 5.69 Å². The Labute approximate surface area is 89.7 Å². The van der Waals surface area contributed by atoms with Crippen molar-refractivity contribution in [1.82, 2.24) is 9.55 Å². The van der Waals surface area contributed by atoms with Crippen LogP contribution in [0.3, 0.4) is 0 Å². The molecule has 2 aromatic rings. The molecule has 16 heavy (non-hydrogen) atoms. The molecule has 0 atom stereocenters. The van der Waals surface area contributed by atoms with Crippen LogP contribution in [-0.4, -0.2) is 20.8 Å². The van der Waals surface area contributed by atoms with E-state index >= 15 is 0 Å². The lowest BCUT2D eigenvalue weighted by Crippen LogP contribution is -2.02. The van der Waals surface area contributed by atoms with Crippen molar-refractivity contribution in [3.05, 3.63) is 42.6 Å². The number of hydrogen-bond donors (Lipinski definition) is 1. The van der Waals surface area contributed by atoms with Crippen LogP contribution in [0.2, 0.25) is 0 Å². The Hall–Kier alpha value is -2.37. The quantitative estimate of drug-likeness (QED) is 0.790. The largest absolute Gasteiger partial charge is 0.512 e. The standard InChI is InChI=1S/C10H7FN2O3/c11-7-1-3-8(4-2-7)13-5-9(12-6-13)16-10(14)15/h1-6H,(H,14,15). The van der Waals surface area contributed by atoms with Gasteiger partial charge in [-0.3, -0.25) is 0 Å². The van der Waals surface area contributed by atoms with E-state index in [9.17, 15) is 9.18 Å². The van der Waals surface area contributed by atoms with Gasteiger partial charge in [0.05, 0.1) is 6.20 Å². The Kier molecular flexibility index (Phi) is 2.55. The minimum absolute atomic E-state index is 0.0307. The lowest BCUT2D eigenvalue weighted by molar-refractivity contribution is 0.142. The van der Waals surface area contributed by atoms with E-state index in [4.69, 9.17) is 5.11 Å². The minimum atomic E-state index is -1.43. The fraction of sp³-hybridized carbons (Fsp3) is 0. The normalized spacial score (nSPS) is 10.1. The van der Waals surface area contributed by atoms with Gasteiger partial charge in [0.15, 0.2) is 0 Å². The Morgan fingerprint density at radius 2 is 2.06 bits per heavy atom. The van der Waals surface area contributed by atoms with Gasteiger partial charge in [-0.1, -0.05) is 0 Å². The molecule has 0 saturated heterocycles. The molecule has 1 aromatic heterocycles. The molecule has 1 aromatic carbocycles. The third-order valence-electron chi connectivity index (χ3n) is 1.88. The van der Waals surface area contributed by atoms with Crippen molar-refractivity contribution in [3.8, 4) is 11.6 Å². The van der Waals surface area contributed by atoms with E-state index in [1.807, 2.05) is 0 Å². The highest BCUT2D eigenvalue weighted by Crippen LogP contribution is 2.13. The number of halogens is 1. The number of aromatic nitrogens is 2. The second kappa shape index (κ2) is 4.01. The summed E-state index contributed by atoms with van der Waals surface area (Å²) in [6.45, 7) is 0. The maximum atomic E-state index is 12.7. The van der Waals surface area contributed by atoms with E-state index in [-0.39, 0.29) is 11.7 Å². The van der Waals surface area contributed by atoms with Crippen molar-refractivity contribution in [3.63, 3.8) is 0 Å². The van der Waals surface area contributed by atoms with Crippen LogP contribution >= 0.6 is 0 Å². The summed E-state index contributed by atoms with van der Waals surface area (Å²) < 4.78 is 18.5. The number of rotatable bonds is 2. The number of hydrogen-bond acceptors (Lipinski definition) is 3. The Morgan fingerprint density at radius 3 is 2.69 bits per heavy atom. The van der Waals surface area contributed by atoms with Crippen molar-refractivity contribution in [1.29, 1.82) is 0 Å². The van der Waals surface area contributed by atoms with Gasteiger partial charge in [-0.15, -0.1) is 0 Å². The highest BCUT2D eigenvalue weighted by molar-refractivity contribution is 5.60. The molecule has 6 heteroatoms. The van der Waals surface area contributed by atoms with Gasteiger partial charge in [-0.25, -0.2) is 14.2 Å². The number of imidazole rings is 1. The van der Waals surface area contributed by atoms with Gasteiger partial charge in [0.25, 0.3) is 0 Å². The fourth-order valence-electron chi connectivity index (χ4n) is 1.20. The first kappa shape index (κ1) is 10.2. The Bertz CT molecular complexity index is 507. The lowest BCUT2D eigenvalue weighted by atomic mass is 10.3. The zero-order valence-electron chi connectivity index (χ0n) is 8.00. The van der Waals surface area contributed by atoms with E-state index < -0.39 is 6.16 Å². The van der Waals surface area contributed by atoms with Crippen molar-refractivity contribution < 1.29 is 19.0 Å². The van der Waals surface area contributed by atoms with Crippen LogP contribution in [0, 0.1) is 5.82 Å². The first-order chi connectivity index (χ1) is 7.65. The van der Waals surface area contributed by atoms with E-state index in [0.717, 1.165) is 0 Å². The number of nitrogens with zero attached hydrogens (tertiary/aromatic N) is 2. The molecule has 0 aliphatic carbocycles. The van der Waals surface area contributed by atoms with Crippen molar-refractivity contribution in [2.45, 2.75) is 0 Å². The van der Waals surface area contributed by atoms with Gasteiger partial charge in [0.2, 0.25) is 5.88 Å². The topological polar surface area (TPSA) is 64.3 Å². The van der Waals surface area contributed by atoms with E-state index in [1.165, 1.54) is 29.2 Å². The first-order valence-electron chi connectivity index (χ1n) is 4.36. The molecule has 0 amide bonds. The average molecular weight is 222 g/mol. The molecule has 0 aliphatic rings. The van der Waals surface area contributed by atoms with Crippen LogP contribution in [-0.2, 0) is 0 Å². The smallest absolute Gasteiger partial charge is 0.449 e. The van der Waals surface area contributed by atoms with E-state index in [1.54, 1.807) is 12.1 Å². The summed E-state index contributed by atoms with van der Waals surface area (Å²) in [4.78, 5) is 14.0. The third kappa shape index (κ3) is 2.17. The monoisotopic (exact) mass is 222 g/mol. The second-order valence-electron chi connectivity index (χ2n) is 2.96. The van der Waals surface area contributed by atoms with Gasteiger partial charge < -0.3 is 14.4 Å². The van der Waals surface area contributed by atoms with Crippen LogP contribution in [0.1, 0.15) is 0 Å². The zero-order chi connectivity index (χ0) is 11.5. The molecule has 82 valence electrons. The Balaban J connectivity index is 2.24. The second-order valence-corrected chi connectivity index (χ2v) is 2.96. The maximum absolute atomic E-state index is 12.7. The van der Waals surface area contributed by atoms with E-state index in [0.29, 0.717) is 5.69 Å². The molecule has 2 rings (SSSR count). The molecule has 0 unspecified atom stereocenters. The number of ether oxygens (including phenoxy) is 1. The summed E-state index contributed by atoms with van der Waals surface area (Å²) in [6.07, 6.45) is 1.34. The molecule has 5 nitrogen and oxygen atoms in total. The Morgan fingerprint density at radius 1 is 1.38 bits per heavy atom. The van der Waals surface area contributed by atoms with Crippen LogP contribution in [0.4, 0.5) is 9.18 Å². The van der Waals surface area contributed by atoms with Crippen LogP contribution in [0.15, 0.2) is 36.8 Å². The summed E-state index contributed by atoms with van der Waals surface area (Å²) in [5.41, 5.74) is 0.661. The first-order valence-corrected chi connectivity index (χ1v) is 4.36. The summed E-state index contributed by atoms with van der Waals surface area (Å²) in [7, 11) is 0. The molecule has 0 radical (unpaired) electrons. The molecule has 1 N–H and O–H groups in total. The zero-order valence-corrected chi connectivity index (χ0v) is 8.00. The van der Waals surface area contributed by atoms with Gasteiger partial charge in [0, 0.05) is 5.69 Å². The van der Waals surface area contributed by atoms with Gasteiger partial charge in [-0.05, 0) is 24.3 Å². The van der Waals surface area contributed by atoms with Crippen molar-refractivity contribution in [2.24, 2.45) is 0 Å². The predicted molar refractivity (Wildman–Crippen MR) is 52.2 cm³/mol. The molecule has 0 bridgehead atoms. The molecule has 0 aliphatic heterocycles. The fourth-order valence-corrected chi connectivity index (χ4v) is 1.20. The summed E-state index contributed by atoms with van der Waals surface area (Å²) in [5, 5.41) is 8.36. The molecule has 0 spiro atoms. The molecular formula is C10H7FN2O3. The molecule has 1 heterocycles. The van der Waals surface area contributed by atoms with Crippen molar-refractivity contribution in [2.75, 3.05) is 0 Å². The highest BCUT2D eigenvalue weighted by Gasteiger charge is 2.05. The number of carboxylic acid groups (broad SMARTS) is 1. The van der Waals surface area contributed by atoms with E-state index in [2.05, 4.69) is 9.72 Å². The SMILES string of the molecule is O=C(O)Oc1cn(-c2ccc(F)cc2)cn1. The molecule has 0 saturated carbocycles. The molecular weight excluding hydrogens is 215 g/mol. The third-order valence-corrected chi connectivity index (χ3v) is 1.88. The minimum Gasteiger partial charge on any atom is -0.449 e. The summed E-state index contributed by atoms with van der Waals surface area (Å²) in [5.74, 6) is -0.373. The lowest BCUT2D eigenvalue weighted by Gasteiger charge is -1.99. The van der Waals surface area contributed by atoms with Crippen LogP contribution in [0.5, 0.6) is 5.88 Å². The van der Waals surface area contributed by atoms with Gasteiger partial charge >= 0.3 is 6.16 Å². The summed E-state index contributed by atoms with van der Waals surface area (Å²) >= 11 is 0.